The molecule has 4 N–H and O–H groups in total. The monoisotopic (exact) mass is 292 g/mol. The van der Waals surface area contributed by atoms with Crippen LogP contribution in [0.25, 0.3) is 0 Å². The van der Waals surface area contributed by atoms with Gasteiger partial charge in [0, 0.05) is 19.7 Å². The summed E-state index contributed by atoms with van der Waals surface area (Å²) in [6.45, 7) is 2.09. The van der Waals surface area contributed by atoms with Crippen molar-refractivity contribution < 1.29 is 18.0 Å². The van der Waals surface area contributed by atoms with Gasteiger partial charge < -0.3 is 10.2 Å². The fourth-order valence-electron chi connectivity index (χ4n) is 1.23. The van der Waals surface area contributed by atoms with Crippen LogP contribution in [-0.2, 0) is 11.0 Å². The quantitative estimate of drug-likeness (QED) is 0.545. The summed E-state index contributed by atoms with van der Waals surface area (Å²) in [6.07, 6.45) is -4.63. The lowest BCUT2D eigenvalue weighted by Crippen LogP contribution is -2.32. The fraction of sp³-hybridized carbons (Fsp3) is 0.500. The van der Waals surface area contributed by atoms with E-state index < -0.39 is 17.8 Å². The average molecular weight is 292 g/mol. The van der Waals surface area contributed by atoms with E-state index in [1.165, 1.54) is 4.90 Å². The molecule has 1 amide bonds. The van der Waals surface area contributed by atoms with E-state index in [9.17, 15) is 18.0 Å². The van der Waals surface area contributed by atoms with Crippen molar-refractivity contribution >= 4 is 17.7 Å². The zero-order valence-electron chi connectivity index (χ0n) is 11.0. The minimum atomic E-state index is -4.63. The Hall–Kier alpha value is -2.10. The Morgan fingerprint density at radius 3 is 2.60 bits per heavy atom. The van der Waals surface area contributed by atoms with Crippen molar-refractivity contribution in [2.45, 2.75) is 13.1 Å². The van der Waals surface area contributed by atoms with Crippen molar-refractivity contribution in [3.05, 3.63) is 11.8 Å². The van der Waals surface area contributed by atoms with Gasteiger partial charge in [0.1, 0.15) is 5.82 Å². The number of likely N-dealkylation sites (N-methyl/N-ethyl adjacent to an activating group) is 1. The van der Waals surface area contributed by atoms with Crippen LogP contribution in [0.4, 0.5) is 24.9 Å². The van der Waals surface area contributed by atoms with Crippen molar-refractivity contribution in [1.82, 2.24) is 14.9 Å². The third-order valence-corrected chi connectivity index (χ3v) is 2.47. The molecule has 0 radical (unpaired) electrons. The maximum absolute atomic E-state index is 12.6. The van der Waals surface area contributed by atoms with Gasteiger partial charge in [0.25, 0.3) is 0 Å². The molecule has 112 valence electrons. The third-order valence-electron chi connectivity index (χ3n) is 2.47. The van der Waals surface area contributed by atoms with Gasteiger partial charge >= 0.3 is 6.18 Å². The lowest BCUT2D eigenvalue weighted by atomic mass is 10.3. The fourth-order valence-corrected chi connectivity index (χ4v) is 1.23. The zero-order valence-corrected chi connectivity index (χ0v) is 11.0. The maximum Gasteiger partial charge on any atom is 0.433 e. The first-order chi connectivity index (χ1) is 9.27. The molecule has 7 nitrogen and oxygen atoms in total. The van der Waals surface area contributed by atoms with Crippen molar-refractivity contribution in [3.8, 4) is 0 Å². The van der Waals surface area contributed by atoms with E-state index in [2.05, 4.69) is 15.3 Å². The average Bonchev–Trinajstić information content (AvgIpc) is 2.42. The maximum atomic E-state index is 12.6. The van der Waals surface area contributed by atoms with Gasteiger partial charge in [0.05, 0.1) is 6.54 Å². The molecule has 1 rings (SSSR count). The number of nitrogens with zero attached hydrogens (tertiary/aromatic N) is 3. The Morgan fingerprint density at radius 1 is 1.45 bits per heavy atom. The number of nitrogens with two attached hydrogens (primary N) is 1. The number of hydrazine groups is 1. The molecule has 0 aliphatic heterocycles. The van der Waals surface area contributed by atoms with Gasteiger partial charge in [-0.1, -0.05) is 0 Å². The molecule has 0 saturated heterocycles. The Balaban J connectivity index is 2.87. The second-order valence-electron chi connectivity index (χ2n) is 3.87. The van der Waals surface area contributed by atoms with Crippen molar-refractivity contribution in [2.24, 2.45) is 5.84 Å². The number of carbonyl (C=O) groups excluding carboxylic acids is 1. The van der Waals surface area contributed by atoms with Crippen LogP contribution in [0.3, 0.4) is 0 Å². The van der Waals surface area contributed by atoms with Gasteiger partial charge in [-0.15, -0.1) is 0 Å². The molecular formula is C10H15F3N6O. The molecule has 0 saturated carbocycles. The van der Waals surface area contributed by atoms with Crippen LogP contribution in [0.1, 0.15) is 12.6 Å². The first kappa shape index (κ1) is 16.0. The standard InChI is InChI=1S/C10H15F3N6O/c1-3-19(2)8(20)5-15-7-4-6(10(11,12)13)16-9(17-7)18-14/h4H,3,5,14H2,1-2H3,(H2,15,16,17,18). The number of hydrogen-bond acceptors (Lipinski definition) is 6. The number of amides is 1. The first-order valence-corrected chi connectivity index (χ1v) is 5.68. The molecule has 0 aliphatic rings. The summed E-state index contributed by atoms with van der Waals surface area (Å²) in [5, 5.41) is 2.51. The van der Waals surface area contributed by atoms with Gasteiger partial charge in [0.15, 0.2) is 5.69 Å². The lowest BCUT2D eigenvalue weighted by Gasteiger charge is -2.15. The highest BCUT2D eigenvalue weighted by Crippen LogP contribution is 2.29. The second-order valence-corrected chi connectivity index (χ2v) is 3.87. The van der Waals surface area contributed by atoms with Crippen molar-refractivity contribution in [1.29, 1.82) is 0 Å². The molecule has 20 heavy (non-hydrogen) atoms. The number of rotatable bonds is 5. The van der Waals surface area contributed by atoms with Crippen LogP contribution in [-0.4, -0.2) is 40.9 Å². The highest BCUT2D eigenvalue weighted by atomic mass is 19.4. The minimum absolute atomic E-state index is 0.141. The third kappa shape index (κ3) is 4.23. The SMILES string of the molecule is CCN(C)C(=O)CNc1cc(C(F)(F)F)nc(NN)n1. The van der Waals surface area contributed by atoms with Gasteiger partial charge in [-0.2, -0.15) is 18.2 Å². The number of aromatic nitrogens is 2. The van der Waals surface area contributed by atoms with Gasteiger partial charge in [0.2, 0.25) is 11.9 Å². The van der Waals surface area contributed by atoms with E-state index in [4.69, 9.17) is 5.84 Å². The molecule has 0 atom stereocenters. The number of nitrogens with one attached hydrogen (secondary N) is 2. The molecule has 0 unspecified atom stereocenters. The number of anilines is 2. The molecule has 1 aromatic rings. The van der Waals surface area contributed by atoms with Gasteiger partial charge in [-0.3, -0.25) is 10.2 Å². The smallest absolute Gasteiger partial charge is 0.361 e. The summed E-state index contributed by atoms with van der Waals surface area (Å²) in [7, 11) is 1.58. The van der Waals surface area contributed by atoms with E-state index in [-0.39, 0.29) is 18.3 Å². The van der Waals surface area contributed by atoms with E-state index in [0.29, 0.717) is 12.6 Å². The van der Waals surface area contributed by atoms with Crippen LogP contribution in [0.5, 0.6) is 0 Å². The number of alkyl halides is 3. The zero-order chi connectivity index (χ0) is 15.3. The Bertz CT molecular complexity index is 479. The number of halogens is 3. The summed E-state index contributed by atoms with van der Waals surface area (Å²) in [4.78, 5) is 19.8. The summed E-state index contributed by atoms with van der Waals surface area (Å²) in [5.41, 5.74) is 0.790. The van der Waals surface area contributed by atoms with Crippen molar-refractivity contribution in [2.75, 3.05) is 30.9 Å². The van der Waals surface area contributed by atoms with Crippen LogP contribution >= 0.6 is 0 Å². The summed E-state index contributed by atoms with van der Waals surface area (Å²) < 4.78 is 37.8. The minimum Gasteiger partial charge on any atom is -0.361 e. The van der Waals surface area contributed by atoms with E-state index >= 15 is 0 Å². The molecule has 1 aromatic heterocycles. The lowest BCUT2D eigenvalue weighted by molar-refractivity contribution is -0.141. The molecule has 1 heterocycles. The Kier molecular flexibility index (Phi) is 5.08. The number of nitrogen functional groups attached to an aromatic ring is 1. The Labute approximate surface area is 113 Å². The summed E-state index contributed by atoms with van der Waals surface area (Å²) >= 11 is 0. The topological polar surface area (TPSA) is 96.2 Å². The number of hydrogen-bond donors (Lipinski definition) is 3. The first-order valence-electron chi connectivity index (χ1n) is 5.68. The van der Waals surface area contributed by atoms with Gasteiger partial charge in [-0.05, 0) is 6.92 Å². The van der Waals surface area contributed by atoms with Crippen LogP contribution < -0.4 is 16.6 Å². The molecule has 10 heteroatoms. The van der Waals surface area contributed by atoms with Gasteiger partial charge in [-0.25, -0.2) is 10.8 Å². The van der Waals surface area contributed by atoms with E-state index in [1.807, 2.05) is 5.43 Å². The highest BCUT2D eigenvalue weighted by Gasteiger charge is 2.33. The van der Waals surface area contributed by atoms with Crippen LogP contribution in [0, 0.1) is 0 Å². The van der Waals surface area contributed by atoms with E-state index in [1.54, 1.807) is 14.0 Å². The molecule has 0 aromatic carbocycles. The van der Waals surface area contributed by atoms with Crippen LogP contribution in [0.15, 0.2) is 6.07 Å². The highest BCUT2D eigenvalue weighted by molar-refractivity contribution is 5.80. The Morgan fingerprint density at radius 2 is 2.10 bits per heavy atom. The molecule has 0 spiro atoms. The summed E-state index contributed by atoms with van der Waals surface area (Å²) in [5.74, 6) is 4.20. The molecule has 0 bridgehead atoms. The largest absolute Gasteiger partial charge is 0.433 e. The second kappa shape index (κ2) is 6.37. The predicted molar refractivity (Wildman–Crippen MR) is 66.6 cm³/mol. The molecule has 0 fully saturated rings. The van der Waals surface area contributed by atoms with Crippen LogP contribution in [0.2, 0.25) is 0 Å². The van der Waals surface area contributed by atoms with Crippen molar-refractivity contribution in [3.63, 3.8) is 0 Å². The normalized spacial score (nSPS) is 11.1. The van der Waals surface area contributed by atoms with E-state index in [0.717, 1.165) is 0 Å². The summed E-state index contributed by atoms with van der Waals surface area (Å²) in [6, 6.07) is 0.708. The predicted octanol–water partition coefficient (Wildman–Crippen LogP) is 0.671. The molecule has 0 aliphatic carbocycles. The number of carbonyl (C=O) groups is 1. The molecular weight excluding hydrogens is 277 g/mol.